The molecule has 0 fully saturated rings. The third-order valence-corrected chi connectivity index (χ3v) is 5.43. The first-order valence-electron chi connectivity index (χ1n) is 7.52. The summed E-state index contributed by atoms with van der Waals surface area (Å²) in [4.78, 5) is 0. The fourth-order valence-electron chi connectivity index (χ4n) is 2.77. The molecular formula is C16H23Br2NO2. The number of ether oxygens (including phenoxy) is 2. The first kappa shape index (κ1) is 17.1. The number of halogens is 2. The second-order valence-corrected chi connectivity index (χ2v) is 6.41. The van der Waals surface area contributed by atoms with E-state index in [1.807, 2.05) is 13.8 Å². The number of nitrogens with one attached hydrogen (secondary N) is 1. The highest BCUT2D eigenvalue weighted by molar-refractivity contribution is 9.09. The predicted octanol–water partition coefficient (Wildman–Crippen LogP) is 4.08. The van der Waals surface area contributed by atoms with Crippen LogP contribution in [-0.2, 0) is 6.42 Å². The van der Waals surface area contributed by atoms with Crippen molar-refractivity contribution in [2.45, 2.75) is 26.3 Å². The fraction of sp³-hybridized carbons (Fsp3) is 0.625. The van der Waals surface area contributed by atoms with Crippen molar-refractivity contribution in [2.24, 2.45) is 5.92 Å². The van der Waals surface area contributed by atoms with E-state index in [4.69, 9.17) is 9.47 Å². The Bertz CT molecular complexity index is 464. The molecule has 0 spiro atoms. The van der Waals surface area contributed by atoms with Gasteiger partial charge in [0.05, 0.1) is 13.2 Å². The van der Waals surface area contributed by atoms with Crippen LogP contribution >= 0.6 is 31.9 Å². The third-order valence-electron chi connectivity index (χ3n) is 3.77. The molecule has 5 heteroatoms. The van der Waals surface area contributed by atoms with E-state index in [-0.39, 0.29) is 0 Å². The molecule has 118 valence electrons. The Morgan fingerprint density at radius 2 is 1.76 bits per heavy atom. The summed E-state index contributed by atoms with van der Waals surface area (Å²) in [6.45, 7) is 6.33. The molecule has 1 heterocycles. The summed E-state index contributed by atoms with van der Waals surface area (Å²) in [5.74, 6) is 2.24. The maximum Gasteiger partial charge on any atom is 0.161 e. The van der Waals surface area contributed by atoms with Crippen LogP contribution in [0, 0.1) is 5.92 Å². The topological polar surface area (TPSA) is 30.5 Å². The molecule has 0 bridgehead atoms. The van der Waals surface area contributed by atoms with Crippen molar-refractivity contribution in [3.05, 3.63) is 23.3 Å². The molecule has 0 radical (unpaired) electrons. The highest BCUT2D eigenvalue weighted by Gasteiger charge is 2.28. The molecule has 1 unspecified atom stereocenters. The van der Waals surface area contributed by atoms with Gasteiger partial charge < -0.3 is 14.8 Å². The van der Waals surface area contributed by atoms with E-state index in [1.54, 1.807) is 0 Å². The molecule has 3 nitrogen and oxygen atoms in total. The molecule has 0 amide bonds. The molecule has 0 aromatic heterocycles. The smallest absolute Gasteiger partial charge is 0.161 e. The van der Waals surface area contributed by atoms with Crippen molar-refractivity contribution in [3.8, 4) is 11.5 Å². The monoisotopic (exact) mass is 419 g/mol. The van der Waals surface area contributed by atoms with Crippen LogP contribution in [0.3, 0.4) is 0 Å². The van der Waals surface area contributed by atoms with Gasteiger partial charge in [-0.25, -0.2) is 0 Å². The molecule has 21 heavy (non-hydrogen) atoms. The molecule has 0 aliphatic carbocycles. The van der Waals surface area contributed by atoms with Crippen molar-refractivity contribution < 1.29 is 9.47 Å². The van der Waals surface area contributed by atoms with Crippen LogP contribution in [0.1, 0.15) is 31.0 Å². The minimum absolute atomic E-state index is 0.349. The third kappa shape index (κ3) is 3.93. The van der Waals surface area contributed by atoms with Gasteiger partial charge in [-0.15, -0.1) is 0 Å². The van der Waals surface area contributed by atoms with Crippen molar-refractivity contribution in [1.29, 1.82) is 0 Å². The van der Waals surface area contributed by atoms with E-state index >= 15 is 0 Å². The zero-order chi connectivity index (χ0) is 15.2. The van der Waals surface area contributed by atoms with Crippen molar-refractivity contribution in [1.82, 2.24) is 5.32 Å². The van der Waals surface area contributed by atoms with Crippen LogP contribution < -0.4 is 14.8 Å². The van der Waals surface area contributed by atoms with Crippen LogP contribution in [0.4, 0.5) is 0 Å². The zero-order valence-corrected chi connectivity index (χ0v) is 15.8. The summed E-state index contributed by atoms with van der Waals surface area (Å²) in [6, 6.07) is 4.68. The number of alkyl halides is 2. The van der Waals surface area contributed by atoms with Gasteiger partial charge in [-0.2, -0.15) is 0 Å². The molecule has 0 saturated heterocycles. The summed E-state index contributed by atoms with van der Waals surface area (Å²) in [5, 5.41) is 5.57. The van der Waals surface area contributed by atoms with Crippen molar-refractivity contribution in [3.63, 3.8) is 0 Å². The van der Waals surface area contributed by atoms with Gasteiger partial charge in [-0.05, 0) is 56.0 Å². The molecule has 1 aromatic carbocycles. The van der Waals surface area contributed by atoms with E-state index in [9.17, 15) is 0 Å². The maximum atomic E-state index is 5.77. The summed E-state index contributed by atoms with van der Waals surface area (Å²) in [7, 11) is 0. The molecule has 0 saturated carbocycles. The Balaban J connectivity index is 2.40. The fourth-order valence-corrected chi connectivity index (χ4v) is 4.59. The average molecular weight is 421 g/mol. The lowest BCUT2D eigenvalue weighted by Gasteiger charge is -2.32. The quantitative estimate of drug-likeness (QED) is 0.674. The highest BCUT2D eigenvalue weighted by atomic mass is 79.9. The van der Waals surface area contributed by atoms with Crippen LogP contribution in [0.15, 0.2) is 12.1 Å². The Morgan fingerprint density at radius 1 is 1.14 bits per heavy atom. The van der Waals surface area contributed by atoms with Crippen LogP contribution in [0.25, 0.3) is 0 Å². The zero-order valence-electron chi connectivity index (χ0n) is 12.6. The van der Waals surface area contributed by atoms with Crippen LogP contribution in [0.2, 0.25) is 0 Å². The minimum atomic E-state index is 0.349. The molecule has 1 N–H and O–H groups in total. The first-order chi connectivity index (χ1) is 10.2. The van der Waals surface area contributed by atoms with Gasteiger partial charge in [-0.1, -0.05) is 31.9 Å². The SMILES string of the molecule is CCOc1cc2c(cc1OCC)C(C(CBr)CBr)NCC2. The van der Waals surface area contributed by atoms with Gasteiger partial charge in [0.2, 0.25) is 0 Å². The van der Waals surface area contributed by atoms with E-state index in [0.717, 1.165) is 35.1 Å². The highest BCUT2D eigenvalue weighted by Crippen LogP contribution is 2.38. The predicted molar refractivity (Wildman–Crippen MR) is 94.3 cm³/mol. The lowest BCUT2D eigenvalue weighted by molar-refractivity contribution is 0.285. The number of hydrogen-bond acceptors (Lipinski definition) is 3. The van der Waals surface area contributed by atoms with Gasteiger partial charge in [0.15, 0.2) is 11.5 Å². The molecule has 1 aliphatic rings. The molecular weight excluding hydrogens is 398 g/mol. The number of hydrogen-bond donors (Lipinski definition) is 1. The van der Waals surface area contributed by atoms with E-state index in [0.29, 0.717) is 25.2 Å². The van der Waals surface area contributed by atoms with Crippen LogP contribution in [-0.4, -0.2) is 30.4 Å². The lowest BCUT2D eigenvalue weighted by atomic mass is 9.87. The maximum absolute atomic E-state index is 5.77. The summed E-state index contributed by atoms with van der Waals surface area (Å²) in [6.07, 6.45) is 1.04. The van der Waals surface area contributed by atoms with Gasteiger partial charge in [-0.3, -0.25) is 0 Å². The van der Waals surface area contributed by atoms with Crippen molar-refractivity contribution in [2.75, 3.05) is 30.4 Å². The summed E-state index contributed by atoms with van der Waals surface area (Å²) < 4.78 is 11.5. The average Bonchev–Trinajstić information content (AvgIpc) is 2.50. The minimum Gasteiger partial charge on any atom is -0.490 e. The van der Waals surface area contributed by atoms with Gasteiger partial charge >= 0.3 is 0 Å². The molecule has 2 rings (SSSR count). The first-order valence-corrected chi connectivity index (χ1v) is 9.77. The Morgan fingerprint density at radius 3 is 2.33 bits per heavy atom. The largest absolute Gasteiger partial charge is 0.490 e. The van der Waals surface area contributed by atoms with Crippen LogP contribution in [0.5, 0.6) is 11.5 Å². The Hall–Kier alpha value is -0.260. The normalized spacial score (nSPS) is 17.7. The number of rotatable bonds is 7. The number of benzene rings is 1. The molecule has 1 aliphatic heterocycles. The van der Waals surface area contributed by atoms with E-state index < -0.39 is 0 Å². The van der Waals surface area contributed by atoms with E-state index in [1.165, 1.54) is 11.1 Å². The Kier molecular flexibility index (Phi) is 6.83. The van der Waals surface area contributed by atoms with E-state index in [2.05, 4.69) is 49.3 Å². The standard InChI is InChI=1S/C16H23Br2NO2/c1-3-20-14-7-11-5-6-19-16(12(9-17)10-18)13(11)8-15(14)21-4-2/h7-8,12,16,19H,3-6,9-10H2,1-2H3. The van der Waals surface area contributed by atoms with Gasteiger partial charge in [0.1, 0.15) is 0 Å². The number of fused-ring (bicyclic) bond motifs is 1. The molecule has 1 atom stereocenters. The summed E-state index contributed by atoms with van der Waals surface area (Å²) in [5.41, 5.74) is 2.72. The Labute approximate surface area is 144 Å². The lowest BCUT2D eigenvalue weighted by Crippen LogP contribution is -2.36. The second-order valence-electron chi connectivity index (χ2n) is 5.11. The van der Waals surface area contributed by atoms with Gasteiger partial charge in [0, 0.05) is 16.7 Å². The molecule has 1 aromatic rings. The van der Waals surface area contributed by atoms with Crippen molar-refractivity contribution >= 4 is 31.9 Å². The van der Waals surface area contributed by atoms with Gasteiger partial charge in [0.25, 0.3) is 0 Å². The second kappa shape index (κ2) is 8.39. The summed E-state index contributed by atoms with van der Waals surface area (Å²) >= 11 is 7.25.